The zero-order valence-corrected chi connectivity index (χ0v) is 14.3. The van der Waals surface area contributed by atoms with E-state index in [2.05, 4.69) is 25.7 Å². The van der Waals surface area contributed by atoms with Gasteiger partial charge in [-0.2, -0.15) is 5.10 Å². The molecular weight excluding hydrogens is 346 g/mol. The van der Waals surface area contributed by atoms with Gasteiger partial charge in [0.2, 0.25) is 0 Å². The van der Waals surface area contributed by atoms with E-state index < -0.39 is 5.97 Å². The smallest absolute Gasteiger partial charge is 0.325 e. The van der Waals surface area contributed by atoms with Crippen LogP contribution in [0, 0.1) is 6.92 Å². The first-order valence-electron chi connectivity index (χ1n) is 7.28. The van der Waals surface area contributed by atoms with Gasteiger partial charge in [-0.3, -0.25) is 14.3 Å². The molecule has 3 aromatic heterocycles. The van der Waals surface area contributed by atoms with Crippen molar-refractivity contribution in [1.29, 1.82) is 0 Å². The van der Waals surface area contributed by atoms with Gasteiger partial charge in [-0.15, -0.1) is 16.4 Å². The molecule has 2 N–H and O–H groups in total. The third kappa shape index (κ3) is 3.88. The molecule has 0 aromatic carbocycles. The van der Waals surface area contributed by atoms with Crippen LogP contribution in [-0.4, -0.2) is 46.7 Å². The molecular formula is C14H15N7O3S. The summed E-state index contributed by atoms with van der Waals surface area (Å²) in [5.41, 5.74) is 1.96. The molecule has 0 atom stereocenters. The second kappa shape index (κ2) is 6.81. The molecule has 0 unspecified atom stereocenters. The van der Waals surface area contributed by atoms with Gasteiger partial charge in [-0.1, -0.05) is 5.21 Å². The summed E-state index contributed by atoms with van der Waals surface area (Å²) in [6.07, 6.45) is 5.01. The van der Waals surface area contributed by atoms with Crippen LogP contribution in [-0.2, 0) is 24.9 Å². The molecule has 130 valence electrons. The fraction of sp³-hybridized carbons (Fsp3) is 0.286. The van der Waals surface area contributed by atoms with Gasteiger partial charge in [0.1, 0.15) is 22.1 Å². The highest BCUT2D eigenvalue weighted by molar-refractivity contribution is 7.17. The van der Waals surface area contributed by atoms with Crippen molar-refractivity contribution in [1.82, 2.24) is 35.1 Å². The third-order valence-corrected chi connectivity index (χ3v) is 4.47. The van der Waals surface area contributed by atoms with Gasteiger partial charge in [0.15, 0.2) is 0 Å². The Morgan fingerprint density at radius 3 is 2.84 bits per heavy atom. The number of nitrogens with zero attached hydrogens (tertiary/aromatic N) is 6. The van der Waals surface area contributed by atoms with Crippen LogP contribution in [0.3, 0.4) is 0 Å². The standard InChI is InChI=1S/C14H15N7O3S/c1-8-12(25-14(17-8)9-3-16-20(2)5-9)13(24)15-4-10-6-21(19-18-10)7-11(22)23/h3,5-6H,4,7H2,1-2H3,(H,15,24)(H,22,23). The number of nitrogens with one attached hydrogen (secondary N) is 1. The quantitative estimate of drug-likeness (QED) is 0.652. The molecule has 0 aliphatic carbocycles. The zero-order valence-electron chi connectivity index (χ0n) is 13.5. The molecule has 0 spiro atoms. The second-order valence-electron chi connectivity index (χ2n) is 5.32. The SMILES string of the molecule is Cc1nc(-c2cnn(C)c2)sc1C(=O)NCc1cn(CC(=O)O)nn1. The van der Waals surface area contributed by atoms with Crippen molar-refractivity contribution in [2.75, 3.05) is 0 Å². The van der Waals surface area contributed by atoms with Crippen LogP contribution in [0.2, 0.25) is 0 Å². The lowest BCUT2D eigenvalue weighted by atomic mass is 10.3. The molecule has 25 heavy (non-hydrogen) atoms. The Morgan fingerprint density at radius 2 is 2.16 bits per heavy atom. The van der Waals surface area contributed by atoms with Crippen LogP contribution in [0.5, 0.6) is 0 Å². The lowest BCUT2D eigenvalue weighted by molar-refractivity contribution is -0.137. The summed E-state index contributed by atoms with van der Waals surface area (Å²) in [5, 5.41) is 23.8. The maximum absolute atomic E-state index is 12.4. The molecule has 3 heterocycles. The van der Waals surface area contributed by atoms with E-state index in [0.717, 1.165) is 10.6 Å². The average Bonchev–Trinajstić information content (AvgIpc) is 3.25. The highest BCUT2D eigenvalue weighted by Crippen LogP contribution is 2.27. The van der Waals surface area contributed by atoms with Crippen molar-refractivity contribution in [3.63, 3.8) is 0 Å². The highest BCUT2D eigenvalue weighted by atomic mass is 32.1. The summed E-state index contributed by atoms with van der Waals surface area (Å²) >= 11 is 1.29. The number of aliphatic carboxylic acids is 1. The van der Waals surface area contributed by atoms with E-state index in [1.807, 2.05) is 13.2 Å². The van der Waals surface area contributed by atoms with Gasteiger partial charge in [0, 0.05) is 18.8 Å². The summed E-state index contributed by atoms with van der Waals surface area (Å²) in [6.45, 7) is 1.65. The first kappa shape index (κ1) is 16.8. The number of carboxylic acids is 1. The molecule has 0 bridgehead atoms. The van der Waals surface area contributed by atoms with Crippen molar-refractivity contribution < 1.29 is 14.7 Å². The Kier molecular flexibility index (Phi) is 4.57. The van der Waals surface area contributed by atoms with Crippen molar-refractivity contribution in [3.05, 3.63) is 34.9 Å². The molecule has 0 saturated carbocycles. The molecule has 0 aliphatic rings. The number of hydrogen-bond acceptors (Lipinski definition) is 7. The molecule has 0 radical (unpaired) electrons. The molecule has 0 aliphatic heterocycles. The summed E-state index contributed by atoms with van der Waals surface area (Å²) < 4.78 is 2.87. The lowest BCUT2D eigenvalue weighted by Gasteiger charge is -2.00. The number of carbonyl (C=O) groups excluding carboxylic acids is 1. The molecule has 3 aromatic rings. The fourth-order valence-electron chi connectivity index (χ4n) is 2.15. The Balaban J connectivity index is 1.66. The summed E-state index contributed by atoms with van der Waals surface area (Å²) in [7, 11) is 1.81. The van der Waals surface area contributed by atoms with Crippen LogP contribution < -0.4 is 5.32 Å². The number of carbonyl (C=O) groups is 2. The van der Waals surface area contributed by atoms with Crippen molar-refractivity contribution >= 4 is 23.2 Å². The minimum absolute atomic E-state index is 0.151. The minimum atomic E-state index is -1.01. The molecule has 10 nitrogen and oxygen atoms in total. The number of rotatable bonds is 6. The molecule has 0 saturated heterocycles. The van der Waals surface area contributed by atoms with E-state index in [-0.39, 0.29) is 19.0 Å². The number of carboxylic acid groups (broad SMARTS) is 1. The van der Waals surface area contributed by atoms with Gasteiger partial charge < -0.3 is 10.4 Å². The number of thiazole rings is 1. The van der Waals surface area contributed by atoms with Crippen LogP contribution in [0.15, 0.2) is 18.6 Å². The number of amides is 1. The third-order valence-electron chi connectivity index (χ3n) is 3.27. The number of aromatic nitrogens is 6. The van der Waals surface area contributed by atoms with E-state index in [1.165, 1.54) is 22.2 Å². The van der Waals surface area contributed by atoms with Gasteiger partial charge in [-0.25, -0.2) is 9.67 Å². The maximum atomic E-state index is 12.4. The maximum Gasteiger partial charge on any atom is 0.325 e. The average molecular weight is 361 g/mol. The monoisotopic (exact) mass is 361 g/mol. The number of hydrogen-bond donors (Lipinski definition) is 2. The van der Waals surface area contributed by atoms with E-state index in [4.69, 9.17) is 5.11 Å². The first-order valence-corrected chi connectivity index (χ1v) is 8.09. The van der Waals surface area contributed by atoms with E-state index in [9.17, 15) is 9.59 Å². The largest absolute Gasteiger partial charge is 0.480 e. The van der Waals surface area contributed by atoms with E-state index >= 15 is 0 Å². The lowest BCUT2D eigenvalue weighted by Crippen LogP contribution is -2.22. The Morgan fingerprint density at radius 1 is 1.36 bits per heavy atom. The van der Waals surface area contributed by atoms with Crippen molar-refractivity contribution in [2.45, 2.75) is 20.0 Å². The predicted octanol–water partition coefficient (Wildman–Crippen LogP) is 0.458. The van der Waals surface area contributed by atoms with Gasteiger partial charge in [0.25, 0.3) is 5.91 Å². The fourth-order valence-corrected chi connectivity index (χ4v) is 3.11. The molecule has 3 rings (SSSR count). The highest BCUT2D eigenvalue weighted by Gasteiger charge is 2.17. The van der Waals surface area contributed by atoms with Crippen molar-refractivity contribution in [2.24, 2.45) is 7.05 Å². The Bertz CT molecular complexity index is 927. The van der Waals surface area contributed by atoms with Crippen molar-refractivity contribution in [3.8, 4) is 10.6 Å². The van der Waals surface area contributed by atoms with E-state index in [1.54, 1.807) is 17.8 Å². The van der Waals surface area contributed by atoms with Crippen LogP contribution in [0.25, 0.3) is 10.6 Å². The summed E-state index contributed by atoms with van der Waals surface area (Å²) in [6, 6.07) is 0. The summed E-state index contributed by atoms with van der Waals surface area (Å²) in [5.74, 6) is -1.28. The van der Waals surface area contributed by atoms with Crippen LogP contribution >= 0.6 is 11.3 Å². The van der Waals surface area contributed by atoms with Gasteiger partial charge in [0.05, 0.1) is 24.6 Å². The molecule has 1 amide bonds. The summed E-state index contributed by atoms with van der Waals surface area (Å²) in [4.78, 5) is 27.9. The zero-order chi connectivity index (χ0) is 18.0. The Labute approximate surface area is 146 Å². The molecule has 0 fully saturated rings. The number of aryl methyl sites for hydroxylation is 2. The normalized spacial score (nSPS) is 10.8. The van der Waals surface area contributed by atoms with Crippen LogP contribution in [0.1, 0.15) is 21.1 Å². The Hall–Kier alpha value is -3.08. The van der Waals surface area contributed by atoms with Gasteiger partial charge >= 0.3 is 5.97 Å². The van der Waals surface area contributed by atoms with E-state index in [0.29, 0.717) is 16.3 Å². The van der Waals surface area contributed by atoms with Gasteiger partial charge in [-0.05, 0) is 6.92 Å². The first-order chi connectivity index (χ1) is 11.9. The predicted molar refractivity (Wildman–Crippen MR) is 87.9 cm³/mol. The molecule has 11 heteroatoms. The topological polar surface area (TPSA) is 128 Å². The van der Waals surface area contributed by atoms with Crippen LogP contribution in [0.4, 0.5) is 0 Å². The minimum Gasteiger partial charge on any atom is -0.480 e. The second-order valence-corrected chi connectivity index (χ2v) is 6.32.